The Kier molecular flexibility index (Phi) is 5.27. The number of carbonyl (C=O) groups excluding carboxylic acids is 3. The number of aryl methyl sites for hydroxylation is 1. The molecule has 152 valence electrons. The number of fused-ring (bicyclic) bond motifs is 2. The van der Waals surface area contributed by atoms with Crippen molar-refractivity contribution in [2.45, 2.75) is 13.0 Å². The van der Waals surface area contributed by atoms with Crippen molar-refractivity contribution in [2.24, 2.45) is 0 Å². The predicted octanol–water partition coefficient (Wildman–Crippen LogP) is 0.700. The standard InChI is InChI=1S/C20H18O9/c1-8-3-11-16(18(25)14(8)20(27)29-7-10(23)6-21)19(26)15-12(17(11)24)4-9(22)5-13(15)28-2/h3-5,10,21-23,25H,6-7H2,1-2H3/t10-/m1/s1. The number of phenols is 2. The summed E-state index contributed by atoms with van der Waals surface area (Å²) in [6.07, 6.45) is -1.30. The number of methoxy groups -OCH3 is 1. The van der Waals surface area contributed by atoms with Crippen LogP contribution in [0.25, 0.3) is 0 Å². The number of benzene rings is 2. The van der Waals surface area contributed by atoms with E-state index in [1.165, 1.54) is 20.1 Å². The maximum atomic E-state index is 13.1. The third-order valence-corrected chi connectivity index (χ3v) is 4.57. The summed E-state index contributed by atoms with van der Waals surface area (Å²) in [6.45, 7) is 0.294. The molecule has 9 nitrogen and oxygen atoms in total. The first-order chi connectivity index (χ1) is 13.7. The number of aliphatic hydroxyl groups excluding tert-OH is 2. The van der Waals surface area contributed by atoms with Gasteiger partial charge in [0.2, 0.25) is 5.78 Å². The molecule has 0 aliphatic heterocycles. The lowest BCUT2D eigenvalue weighted by atomic mass is 9.81. The molecule has 4 N–H and O–H groups in total. The molecule has 1 aliphatic rings. The summed E-state index contributed by atoms with van der Waals surface area (Å²) in [5.41, 5.74) is -0.905. The van der Waals surface area contributed by atoms with Gasteiger partial charge < -0.3 is 29.9 Å². The molecule has 0 bridgehead atoms. The van der Waals surface area contributed by atoms with Crippen molar-refractivity contribution in [2.75, 3.05) is 20.3 Å². The van der Waals surface area contributed by atoms with E-state index in [0.29, 0.717) is 0 Å². The third-order valence-electron chi connectivity index (χ3n) is 4.57. The van der Waals surface area contributed by atoms with Gasteiger partial charge in [-0.25, -0.2) is 4.79 Å². The average Bonchev–Trinajstić information content (AvgIpc) is 2.68. The van der Waals surface area contributed by atoms with Gasteiger partial charge in [0.15, 0.2) is 5.78 Å². The van der Waals surface area contributed by atoms with E-state index in [0.717, 1.165) is 12.1 Å². The van der Waals surface area contributed by atoms with E-state index in [2.05, 4.69) is 0 Å². The number of carbonyl (C=O) groups is 3. The Morgan fingerprint density at radius 3 is 2.34 bits per heavy atom. The van der Waals surface area contributed by atoms with E-state index in [4.69, 9.17) is 14.6 Å². The number of ether oxygens (including phenoxy) is 2. The molecule has 1 aliphatic carbocycles. The second-order valence-corrected chi connectivity index (χ2v) is 6.50. The van der Waals surface area contributed by atoms with Crippen LogP contribution in [0, 0.1) is 6.92 Å². The molecule has 9 heteroatoms. The van der Waals surface area contributed by atoms with Crippen LogP contribution in [-0.4, -0.2) is 64.4 Å². The monoisotopic (exact) mass is 402 g/mol. The van der Waals surface area contributed by atoms with Gasteiger partial charge in [0, 0.05) is 17.2 Å². The van der Waals surface area contributed by atoms with Crippen LogP contribution in [0.15, 0.2) is 18.2 Å². The van der Waals surface area contributed by atoms with Gasteiger partial charge in [0.25, 0.3) is 0 Å². The Balaban J connectivity index is 2.15. The molecular weight excluding hydrogens is 384 g/mol. The summed E-state index contributed by atoms with van der Waals surface area (Å²) < 4.78 is 9.95. The highest BCUT2D eigenvalue weighted by atomic mass is 16.5. The Hall–Kier alpha value is -3.43. The molecule has 0 amide bonds. The Labute approximate surface area is 164 Å². The molecule has 29 heavy (non-hydrogen) atoms. The number of aromatic hydroxyl groups is 2. The van der Waals surface area contributed by atoms with Crippen LogP contribution in [0.5, 0.6) is 17.2 Å². The summed E-state index contributed by atoms with van der Waals surface area (Å²) in [6, 6.07) is 3.56. The smallest absolute Gasteiger partial charge is 0.342 e. The van der Waals surface area contributed by atoms with Gasteiger partial charge >= 0.3 is 5.97 Å². The topological polar surface area (TPSA) is 151 Å². The predicted molar refractivity (Wildman–Crippen MR) is 97.7 cm³/mol. The van der Waals surface area contributed by atoms with Crippen LogP contribution in [0.1, 0.15) is 47.8 Å². The minimum Gasteiger partial charge on any atom is -0.508 e. The fraction of sp³-hybridized carbons (Fsp3) is 0.250. The first kappa shape index (κ1) is 20.3. The van der Waals surface area contributed by atoms with Crippen LogP contribution in [0.3, 0.4) is 0 Å². The first-order valence-electron chi connectivity index (χ1n) is 8.54. The normalized spacial score (nSPS) is 13.5. The maximum Gasteiger partial charge on any atom is 0.342 e. The van der Waals surface area contributed by atoms with Gasteiger partial charge in [0.1, 0.15) is 35.5 Å². The summed E-state index contributed by atoms with van der Waals surface area (Å²) >= 11 is 0. The second kappa shape index (κ2) is 7.53. The van der Waals surface area contributed by atoms with Crippen molar-refractivity contribution >= 4 is 17.5 Å². The van der Waals surface area contributed by atoms with Crippen LogP contribution >= 0.6 is 0 Å². The highest BCUT2D eigenvalue weighted by Crippen LogP contribution is 2.41. The van der Waals surface area contributed by atoms with E-state index in [1.54, 1.807) is 0 Å². The SMILES string of the molecule is COc1cc(O)cc2c1C(=O)c1c(cc(C)c(C(=O)OC[C@H](O)CO)c1O)C2=O. The maximum absolute atomic E-state index is 13.1. The zero-order valence-corrected chi connectivity index (χ0v) is 15.6. The van der Waals surface area contributed by atoms with Crippen molar-refractivity contribution in [1.82, 2.24) is 0 Å². The zero-order valence-electron chi connectivity index (χ0n) is 15.6. The van der Waals surface area contributed by atoms with Crippen LogP contribution in [0.2, 0.25) is 0 Å². The van der Waals surface area contributed by atoms with E-state index in [-0.39, 0.29) is 44.9 Å². The molecule has 0 fully saturated rings. The zero-order chi connectivity index (χ0) is 21.5. The lowest BCUT2D eigenvalue weighted by Gasteiger charge is -2.22. The average molecular weight is 402 g/mol. The van der Waals surface area contributed by atoms with Gasteiger partial charge in [-0.15, -0.1) is 0 Å². The molecule has 0 radical (unpaired) electrons. The van der Waals surface area contributed by atoms with E-state index >= 15 is 0 Å². The highest BCUT2D eigenvalue weighted by Gasteiger charge is 2.37. The molecule has 2 aromatic rings. The summed E-state index contributed by atoms with van der Waals surface area (Å²) in [5, 5.41) is 38.6. The number of ketones is 2. The van der Waals surface area contributed by atoms with E-state index in [1.807, 2.05) is 0 Å². The molecule has 0 saturated carbocycles. The molecular formula is C20H18O9. The number of hydrogen-bond acceptors (Lipinski definition) is 9. The van der Waals surface area contributed by atoms with Crippen molar-refractivity contribution in [1.29, 1.82) is 0 Å². The number of hydrogen-bond donors (Lipinski definition) is 4. The number of phenolic OH excluding ortho intramolecular Hbond substituents is 2. The van der Waals surface area contributed by atoms with Gasteiger partial charge in [0.05, 0.1) is 24.8 Å². The summed E-state index contributed by atoms with van der Waals surface area (Å²) in [5.74, 6) is -3.47. The van der Waals surface area contributed by atoms with Crippen LogP contribution in [0.4, 0.5) is 0 Å². The van der Waals surface area contributed by atoms with Crippen molar-refractivity contribution in [3.63, 3.8) is 0 Å². The molecule has 2 aromatic carbocycles. The quantitative estimate of drug-likeness (QED) is 0.452. The van der Waals surface area contributed by atoms with Gasteiger partial charge in [-0.2, -0.15) is 0 Å². The van der Waals surface area contributed by atoms with E-state index < -0.39 is 42.6 Å². The van der Waals surface area contributed by atoms with Crippen molar-refractivity contribution < 1.29 is 44.3 Å². The lowest BCUT2D eigenvalue weighted by Crippen LogP contribution is -2.25. The fourth-order valence-electron chi connectivity index (χ4n) is 3.21. The van der Waals surface area contributed by atoms with Gasteiger partial charge in [-0.05, 0) is 24.6 Å². The minimum absolute atomic E-state index is 0.0563. The van der Waals surface area contributed by atoms with Crippen molar-refractivity contribution in [3.05, 3.63) is 51.6 Å². The number of rotatable bonds is 5. The van der Waals surface area contributed by atoms with Crippen LogP contribution < -0.4 is 4.74 Å². The molecule has 0 aromatic heterocycles. The molecule has 3 rings (SSSR count). The largest absolute Gasteiger partial charge is 0.508 e. The lowest BCUT2D eigenvalue weighted by molar-refractivity contribution is 0.00906. The van der Waals surface area contributed by atoms with E-state index in [9.17, 15) is 29.7 Å². The fourth-order valence-corrected chi connectivity index (χ4v) is 3.21. The molecule has 1 atom stereocenters. The molecule has 0 spiro atoms. The Morgan fingerprint density at radius 1 is 1.07 bits per heavy atom. The minimum atomic E-state index is -1.30. The second-order valence-electron chi connectivity index (χ2n) is 6.50. The van der Waals surface area contributed by atoms with Crippen molar-refractivity contribution in [3.8, 4) is 17.2 Å². The van der Waals surface area contributed by atoms with Gasteiger partial charge in [-0.1, -0.05) is 0 Å². The van der Waals surface area contributed by atoms with Gasteiger partial charge in [-0.3, -0.25) is 9.59 Å². The third kappa shape index (κ3) is 3.30. The molecule has 0 saturated heterocycles. The highest BCUT2D eigenvalue weighted by molar-refractivity contribution is 6.31. The molecule has 0 unspecified atom stereocenters. The molecule has 0 heterocycles. The first-order valence-corrected chi connectivity index (χ1v) is 8.54. The summed E-state index contributed by atoms with van der Waals surface area (Å²) in [4.78, 5) is 38.3. The Morgan fingerprint density at radius 2 is 1.72 bits per heavy atom. The van der Waals surface area contributed by atoms with Crippen LogP contribution in [-0.2, 0) is 4.74 Å². The number of esters is 1. The Bertz CT molecular complexity index is 1040. The number of aliphatic hydroxyl groups is 2. The summed E-state index contributed by atoms with van der Waals surface area (Å²) in [7, 11) is 1.26.